The number of ether oxygens (including phenoxy) is 1. The molecule has 1 aromatic carbocycles. The number of piperidine rings is 1. The molecule has 0 saturated carbocycles. The SMILES string of the molecule is COC(=O)c1cccc(S(=O)(=O)N2CCCCC2CCN)c1.Cl. The van der Waals surface area contributed by atoms with Gasteiger partial charge in [0.1, 0.15) is 0 Å². The number of hydrogen-bond acceptors (Lipinski definition) is 5. The fourth-order valence-electron chi connectivity index (χ4n) is 2.81. The molecule has 23 heavy (non-hydrogen) atoms. The van der Waals surface area contributed by atoms with E-state index in [1.54, 1.807) is 12.1 Å². The van der Waals surface area contributed by atoms with E-state index in [0.717, 1.165) is 19.3 Å². The Morgan fingerprint density at radius 3 is 2.78 bits per heavy atom. The lowest BCUT2D eigenvalue weighted by atomic mass is 10.0. The lowest BCUT2D eigenvalue weighted by molar-refractivity contribution is 0.0600. The molecule has 1 saturated heterocycles. The van der Waals surface area contributed by atoms with Crippen LogP contribution in [0.4, 0.5) is 0 Å². The maximum Gasteiger partial charge on any atom is 0.337 e. The first-order chi connectivity index (χ1) is 10.5. The Labute approximate surface area is 143 Å². The Morgan fingerprint density at radius 1 is 1.39 bits per heavy atom. The minimum atomic E-state index is -3.63. The molecule has 2 N–H and O–H groups in total. The molecule has 0 aliphatic carbocycles. The van der Waals surface area contributed by atoms with Gasteiger partial charge < -0.3 is 10.5 Å². The van der Waals surface area contributed by atoms with Crippen LogP contribution in [0.5, 0.6) is 0 Å². The molecule has 8 heteroatoms. The maximum atomic E-state index is 12.9. The maximum absolute atomic E-state index is 12.9. The second kappa shape index (κ2) is 8.63. The van der Waals surface area contributed by atoms with Crippen molar-refractivity contribution in [3.63, 3.8) is 0 Å². The topological polar surface area (TPSA) is 89.7 Å². The van der Waals surface area contributed by atoms with Crippen LogP contribution in [0, 0.1) is 0 Å². The quantitative estimate of drug-likeness (QED) is 0.806. The highest BCUT2D eigenvalue weighted by Crippen LogP contribution is 2.27. The number of carbonyl (C=O) groups is 1. The predicted molar refractivity (Wildman–Crippen MR) is 90.2 cm³/mol. The summed E-state index contributed by atoms with van der Waals surface area (Å²) < 4.78 is 31.9. The first-order valence-corrected chi connectivity index (χ1v) is 8.85. The molecule has 0 aromatic heterocycles. The van der Waals surface area contributed by atoms with Crippen LogP contribution in [0.15, 0.2) is 29.2 Å². The van der Waals surface area contributed by atoms with E-state index < -0.39 is 16.0 Å². The largest absolute Gasteiger partial charge is 0.465 e. The Morgan fingerprint density at radius 2 is 2.13 bits per heavy atom. The van der Waals surface area contributed by atoms with Crippen molar-refractivity contribution >= 4 is 28.4 Å². The number of sulfonamides is 1. The minimum absolute atomic E-state index is 0. The standard InChI is InChI=1S/C15H22N2O4S.ClH/c1-21-15(18)12-5-4-7-14(11-12)22(19,20)17-10-3-2-6-13(17)8-9-16;/h4-5,7,11,13H,2-3,6,8-10,16H2,1H3;1H. The van der Waals surface area contributed by atoms with Crippen molar-refractivity contribution in [2.75, 3.05) is 20.2 Å². The number of halogens is 1. The van der Waals surface area contributed by atoms with Crippen LogP contribution in [0.25, 0.3) is 0 Å². The van der Waals surface area contributed by atoms with E-state index in [-0.39, 0.29) is 28.9 Å². The van der Waals surface area contributed by atoms with Gasteiger partial charge in [0.2, 0.25) is 10.0 Å². The highest BCUT2D eigenvalue weighted by molar-refractivity contribution is 7.89. The summed E-state index contributed by atoms with van der Waals surface area (Å²) in [5.41, 5.74) is 5.84. The van der Waals surface area contributed by atoms with Crippen LogP contribution < -0.4 is 5.73 Å². The molecule has 1 fully saturated rings. The zero-order valence-corrected chi connectivity index (χ0v) is 14.7. The molecule has 1 heterocycles. The van der Waals surface area contributed by atoms with E-state index in [0.29, 0.717) is 19.5 Å². The second-order valence-electron chi connectivity index (χ2n) is 5.36. The smallest absolute Gasteiger partial charge is 0.337 e. The Hall–Kier alpha value is -1.15. The lowest BCUT2D eigenvalue weighted by Gasteiger charge is -2.34. The summed E-state index contributed by atoms with van der Waals surface area (Å²) in [5, 5.41) is 0. The van der Waals surface area contributed by atoms with Gasteiger partial charge >= 0.3 is 5.97 Å². The summed E-state index contributed by atoms with van der Waals surface area (Å²) in [6.45, 7) is 0.953. The molecule has 1 aromatic rings. The summed E-state index contributed by atoms with van der Waals surface area (Å²) >= 11 is 0. The van der Waals surface area contributed by atoms with Crippen LogP contribution in [-0.4, -0.2) is 44.9 Å². The molecule has 2 rings (SSSR count). The molecule has 6 nitrogen and oxygen atoms in total. The number of rotatable bonds is 5. The van der Waals surface area contributed by atoms with Gasteiger partial charge in [0.15, 0.2) is 0 Å². The van der Waals surface area contributed by atoms with E-state index in [4.69, 9.17) is 5.73 Å². The number of esters is 1. The highest BCUT2D eigenvalue weighted by Gasteiger charge is 2.33. The van der Waals surface area contributed by atoms with Gasteiger partial charge in [-0.2, -0.15) is 4.31 Å². The summed E-state index contributed by atoms with van der Waals surface area (Å²) in [4.78, 5) is 11.7. The van der Waals surface area contributed by atoms with Crippen molar-refractivity contribution in [1.82, 2.24) is 4.31 Å². The molecular formula is C15H23ClN2O4S. The first kappa shape index (κ1) is 19.9. The van der Waals surface area contributed by atoms with Gasteiger partial charge in [-0.3, -0.25) is 0 Å². The third-order valence-corrected chi connectivity index (χ3v) is 5.88. The fourth-order valence-corrected chi connectivity index (χ4v) is 4.58. The Bertz CT molecular complexity index is 634. The van der Waals surface area contributed by atoms with Gasteiger partial charge in [-0.15, -0.1) is 12.4 Å². The lowest BCUT2D eigenvalue weighted by Crippen LogP contribution is -2.44. The number of nitrogens with two attached hydrogens (primary N) is 1. The zero-order chi connectivity index (χ0) is 16.2. The molecule has 1 unspecified atom stereocenters. The number of methoxy groups -OCH3 is 1. The van der Waals surface area contributed by atoms with E-state index in [1.165, 1.54) is 23.5 Å². The Kier molecular flexibility index (Phi) is 7.47. The summed E-state index contributed by atoms with van der Waals surface area (Å²) in [7, 11) is -2.36. The summed E-state index contributed by atoms with van der Waals surface area (Å²) in [5.74, 6) is -0.547. The normalized spacial score (nSPS) is 19.0. The predicted octanol–water partition coefficient (Wildman–Crippen LogP) is 1.79. The Balaban J connectivity index is 0.00000264. The number of hydrogen-bond donors (Lipinski definition) is 1. The molecule has 1 aliphatic heterocycles. The highest BCUT2D eigenvalue weighted by atomic mass is 35.5. The average molecular weight is 363 g/mol. The minimum Gasteiger partial charge on any atom is -0.465 e. The van der Waals surface area contributed by atoms with E-state index in [9.17, 15) is 13.2 Å². The molecule has 0 bridgehead atoms. The van der Waals surface area contributed by atoms with Crippen LogP contribution >= 0.6 is 12.4 Å². The average Bonchev–Trinajstić information content (AvgIpc) is 2.55. The van der Waals surface area contributed by atoms with Crippen LogP contribution in [0.1, 0.15) is 36.0 Å². The van der Waals surface area contributed by atoms with Crippen LogP contribution in [-0.2, 0) is 14.8 Å². The van der Waals surface area contributed by atoms with Crippen molar-refractivity contribution in [2.24, 2.45) is 5.73 Å². The van der Waals surface area contributed by atoms with Crippen molar-refractivity contribution in [3.05, 3.63) is 29.8 Å². The van der Waals surface area contributed by atoms with Crippen molar-refractivity contribution in [2.45, 2.75) is 36.6 Å². The van der Waals surface area contributed by atoms with Crippen molar-refractivity contribution < 1.29 is 17.9 Å². The number of benzene rings is 1. The third kappa shape index (κ3) is 4.44. The zero-order valence-electron chi connectivity index (χ0n) is 13.1. The number of carbonyl (C=O) groups excluding carboxylic acids is 1. The van der Waals surface area contributed by atoms with Gasteiger partial charge in [-0.1, -0.05) is 12.5 Å². The van der Waals surface area contributed by atoms with Crippen molar-refractivity contribution in [1.29, 1.82) is 0 Å². The van der Waals surface area contributed by atoms with E-state index >= 15 is 0 Å². The van der Waals surface area contributed by atoms with Crippen LogP contribution in [0.2, 0.25) is 0 Å². The van der Waals surface area contributed by atoms with Gasteiger partial charge in [-0.05, 0) is 44.0 Å². The summed E-state index contributed by atoms with van der Waals surface area (Å²) in [6, 6.07) is 5.91. The summed E-state index contributed by atoms with van der Waals surface area (Å²) in [6.07, 6.45) is 3.33. The molecule has 1 atom stereocenters. The third-order valence-electron chi connectivity index (χ3n) is 3.93. The van der Waals surface area contributed by atoms with Crippen molar-refractivity contribution in [3.8, 4) is 0 Å². The van der Waals surface area contributed by atoms with Gasteiger partial charge in [0.05, 0.1) is 17.6 Å². The van der Waals surface area contributed by atoms with E-state index in [1.807, 2.05) is 0 Å². The number of nitrogens with zero attached hydrogens (tertiary/aromatic N) is 1. The monoisotopic (exact) mass is 362 g/mol. The molecule has 0 radical (unpaired) electrons. The fraction of sp³-hybridized carbons (Fsp3) is 0.533. The molecular weight excluding hydrogens is 340 g/mol. The van der Waals surface area contributed by atoms with Gasteiger partial charge in [0.25, 0.3) is 0 Å². The van der Waals surface area contributed by atoms with Gasteiger partial charge in [0, 0.05) is 12.6 Å². The molecule has 1 aliphatic rings. The van der Waals surface area contributed by atoms with Crippen LogP contribution in [0.3, 0.4) is 0 Å². The molecule has 130 valence electrons. The molecule has 0 spiro atoms. The van der Waals surface area contributed by atoms with E-state index in [2.05, 4.69) is 4.74 Å². The second-order valence-corrected chi connectivity index (χ2v) is 7.25. The first-order valence-electron chi connectivity index (χ1n) is 7.41. The molecule has 0 amide bonds. The van der Waals surface area contributed by atoms with Gasteiger partial charge in [-0.25, -0.2) is 13.2 Å².